The van der Waals surface area contributed by atoms with E-state index < -0.39 is 0 Å². The highest BCUT2D eigenvalue weighted by atomic mass is 32.1. The lowest BCUT2D eigenvalue weighted by molar-refractivity contribution is 0.184. The number of aromatic nitrogens is 1. The summed E-state index contributed by atoms with van der Waals surface area (Å²) in [6.07, 6.45) is 1.61. The Bertz CT molecular complexity index is 587. The zero-order chi connectivity index (χ0) is 13.7. The van der Waals surface area contributed by atoms with Crippen LogP contribution in [0.15, 0.2) is 42.6 Å². The van der Waals surface area contributed by atoms with Gasteiger partial charge in [0.25, 0.3) is 0 Å². The number of hydrogen-bond acceptors (Lipinski definition) is 4. The molecule has 4 nitrogen and oxygen atoms in total. The van der Waals surface area contributed by atoms with Gasteiger partial charge in [0.15, 0.2) is 0 Å². The van der Waals surface area contributed by atoms with Crippen molar-refractivity contribution in [2.45, 2.75) is 6.61 Å². The van der Waals surface area contributed by atoms with E-state index in [0.29, 0.717) is 18.1 Å². The van der Waals surface area contributed by atoms with Crippen molar-refractivity contribution in [3.63, 3.8) is 0 Å². The average molecular weight is 274 g/mol. The van der Waals surface area contributed by atoms with Crippen LogP contribution in [0.2, 0.25) is 0 Å². The molecule has 98 valence electrons. The van der Waals surface area contributed by atoms with Crippen LogP contribution in [0.25, 0.3) is 0 Å². The van der Waals surface area contributed by atoms with E-state index in [1.165, 1.54) is 0 Å². The maximum absolute atomic E-state index is 5.75. The van der Waals surface area contributed by atoms with Gasteiger partial charge >= 0.3 is 0 Å². The second-order valence-electron chi connectivity index (χ2n) is 3.92. The van der Waals surface area contributed by atoms with Crippen molar-refractivity contribution in [1.82, 2.24) is 4.98 Å². The molecule has 1 aromatic heterocycles. The van der Waals surface area contributed by atoms with E-state index >= 15 is 0 Å². The highest BCUT2D eigenvalue weighted by Crippen LogP contribution is 2.22. The lowest BCUT2D eigenvalue weighted by Gasteiger charge is -2.08. The van der Waals surface area contributed by atoms with E-state index in [0.717, 1.165) is 11.3 Å². The fourth-order valence-corrected chi connectivity index (χ4v) is 1.72. The summed E-state index contributed by atoms with van der Waals surface area (Å²) in [6, 6.07) is 11.2. The quantitative estimate of drug-likeness (QED) is 0.849. The third kappa shape index (κ3) is 3.74. The first-order valence-electron chi connectivity index (χ1n) is 5.70. The summed E-state index contributed by atoms with van der Waals surface area (Å²) >= 11 is 4.88. The summed E-state index contributed by atoms with van der Waals surface area (Å²) in [5.41, 5.74) is 7.12. The minimum Gasteiger partial charge on any atom is -0.457 e. The van der Waals surface area contributed by atoms with Crippen molar-refractivity contribution < 1.29 is 9.47 Å². The summed E-state index contributed by atoms with van der Waals surface area (Å²) in [6.45, 7) is 0.547. The molecule has 0 spiro atoms. The predicted molar refractivity (Wildman–Crippen MR) is 77.4 cm³/mol. The number of hydrogen-bond donors (Lipinski definition) is 1. The van der Waals surface area contributed by atoms with Crippen LogP contribution in [-0.2, 0) is 11.3 Å². The van der Waals surface area contributed by atoms with Gasteiger partial charge in [-0.2, -0.15) is 0 Å². The molecule has 2 N–H and O–H groups in total. The maximum Gasteiger partial charge on any atom is 0.131 e. The van der Waals surface area contributed by atoms with Gasteiger partial charge in [-0.05, 0) is 23.8 Å². The van der Waals surface area contributed by atoms with Crippen molar-refractivity contribution in [1.29, 1.82) is 0 Å². The van der Waals surface area contributed by atoms with Gasteiger partial charge in [0.1, 0.15) is 22.2 Å². The predicted octanol–water partition coefficient (Wildman–Crippen LogP) is 2.65. The topological polar surface area (TPSA) is 57.4 Å². The van der Waals surface area contributed by atoms with Crippen LogP contribution in [0, 0.1) is 0 Å². The Morgan fingerprint density at radius 3 is 2.79 bits per heavy atom. The minimum atomic E-state index is 0.249. The number of benzene rings is 1. The molecule has 0 aliphatic heterocycles. The lowest BCUT2D eigenvalue weighted by Crippen LogP contribution is -2.11. The second kappa shape index (κ2) is 6.26. The van der Waals surface area contributed by atoms with E-state index in [-0.39, 0.29) is 4.99 Å². The summed E-state index contributed by atoms with van der Waals surface area (Å²) in [4.78, 5) is 4.31. The van der Waals surface area contributed by atoms with Crippen molar-refractivity contribution >= 4 is 17.2 Å². The highest BCUT2D eigenvalue weighted by molar-refractivity contribution is 7.80. The molecule has 0 aliphatic carbocycles. The van der Waals surface area contributed by atoms with Crippen molar-refractivity contribution in [3.05, 3.63) is 53.9 Å². The van der Waals surface area contributed by atoms with Gasteiger partial charge in [-0.25, -0.2) is 0 Å². The number of nitrogens with zero attached hydrogens (tertiary/aromatic N) is 1. The van der Waals surface area contributed by atoms with Crippen LogP contribution >= 0.6 is 12.2 Å². The Hall–Kier alpha value is -1.98. The standard InChI is InChI=1S/C14H14N2O2S/c1-17-9-10-3-2-4-11(7-10)18-12-5-6-16-13(8-12)14(15)19/h2-8H,9H2,1H3,(H2,15,19). The van der Waals surface area contributed by atoms with Crippen molar-refractivity contribution in [2.75, 3.05) is 7.11 Å². The third-order valence-corrected chi connectivity index (χ3v) is 2.64. The van der Waals surface area contributed by atoms with E-state index in [2.05, 4.69) is 4.98 Å². The number of nitrogens with two attached hydrogens (primary N) is 1. The molecule has 0 saturated carbocycles. The Labute approximate surface area is 117 Å². The normalized spacial score (nSPS) is 10.2. The molecule has 0 unspecified atom stereocenters. The molecular weight excluding hydrogens is 260 g/mol. The molecule has 1 heterocycles. The van der Waals surface area contributed by atoms with Crippen LogP contribution in [0.1, 0.15) is 11.3 Å². The molecule has 0 radical (unpaired) electrons. The van der Waals surface area contributed by atoms with E-state index in [9.17, 15) is 0 Å². The summed E-state index contributed by atoms with van der Waals surface area (Å²) in [5, 5.41) is 0. The molecular formula is C14H14N2O2S. The van der Waals surface area contributed by atoms with Gasteiger partial charge in [0.2, 0.25) is 0 Å². The van der Waals surface area contributed by atoms with Crippen molar-refractivity contribution in [3.8, 4) is 11.5 Å². The van der Waals surface area contributed by atoms with Gasteiger partial charge in [-0.3, -0.25) is 4.98 Å². The van der Waals surface area contributed by atoms with Gasteiger partial charge < -0.3 is 15.2 Å². The highest BCUT2D eigenvalue weighted by Gasteiger charge is 2.03. The largest absolute Gasteiger partial charge is 0.457 e. The zero-order valence-corrected chi connectivity index (χ0v) is 11.3. The van der Waals surface area contributed by atoms with Crippen molar-refractivity contribution in [2.24, 2.45) is 5.73 Å². The molecule has 0 bridgehead atoms. The number of pyridine rings is 1. The smallest absolute Gasteiger partial charge is 0.131 e. The molecule has 1 aromatic carbocycles. The Kier molecular flexibility index (Phi) is 4.43. The molecule has 19 heavy (non-hydrogen) atoms. The van der Waals surface area contributed by atoms with E-state index in [1.54, 1.807) is 25.4 Å². The Balaban J connectivity index is 2.18. The molecule has 0 amide bonds. The van der Waals surface area contributed by atoms with Gasteiger partial charge in [-0.15, -0.1) is 0 Å². The van der Waals surface area contributed by atoms with Crippen LogP contribution in [-0.4, -0.2) is 17.1 Å². The van der Waals surface area contributed by atoms with Crippen LogP contribution in [0.4, 0.5) is 0 Å². The monoisotopic (exact) mass is 274 g/mol. The Morgan fingerprint density at radius 1 is 1.26 bits per heavy atom. The minimum absolute atomic E-state index is 0.249. The molecule has 2 rings (SSSR count). The summed E-state index contributed by atoms with van der Waals surface area (Å²) < 4.78 is 10.8. The number of ether oxygens (including phenoxy) is 2. The third-order valence-electron chi connectivity index (χ3n) is 2.43. The fourth-order valence-electron chi connectivity index (χ4n) is 1.61. The van der Waals surface area contributed by atoms with E-state index in [1.807, 2.05) is 24.3 Å². The average Bonchev–Trinajstić information content (AvgIpc) is 2.40. The molecule has 0 saturated heterocycles. The summed E-state index contributed by atoms with van der Waals surface area (Å²) in [5.74, 6) is 1.38. The van der Waals surface area contributed by atoms with Gasteiger partial charge in [-0.1, -0.05) is 24.4 Å². The molecule has 2 aromatic rings. The number of rotatable bonds is 5. The maximum atomic E-state index is 5.75. The van der Waals surface area contributed by atoms with Crippen LogP contribution in [0.3, 0.4) is 0 Å². The molecule has 5 heteroatoms. The first-order chi connectivity index (χ1) is 9.19. The van der Waals surface area contributed by atoms with Gasteiger partial charge in [0.05, 0.1) is 6.61 Å². The SMILES string of the molecule is COCc1cccc(Oc2ccnc(C(N)=S)c2)c1. The number of thiocarbonyl (C=S) groups is 1. The molecule has 0 atom stereocenters. The summed E-state index contributed by atoms with van der Waals surface area (Å²) in [7, 11) is 1.66. The fraction of sp³-hybridized carbons (Fsp3) is 0.143. The van der Waals surface area contributed by atoms with Crippen LogP contribution < -0.4 is 10.5 Å². The lowest BCUT2D eigenvalue weighted by atomic mass is 10.2. The molecule has 0 aliphatic rings. The zero-order valence-electron chi connectivity index (χ0n) is 10.5. The Morgan fingerprint density at radius 2 is 2.05 bits per heavy atom. The first-order valence-corrected chi connectivity index (χ1v) is 6.11. The van der Waals surface area contributed by atoms with Gasteiger partial charge in [0, 0.05) is 19.4 Å². The van der Waals surface area contributed by atoms with Crippen LogP contribution in [0.5, 0.6) is 11.5 Å². The molecule has 0 fully saturated rings. The first kappa shape index (κ1) is 13.5. The number of methoxy groups -OCH3 is 1. The van der Waals surface area contributed by atoms with E-state index in [4.69, 9.17) is 27.4 Å². The second-order valence-corrected chi connectivity index (χ2v) is 4.36.